The van der Waals surface area contributed by atoms with Gasteiger partial charge in [-0.05, 0) is 6.07 Å². The lowest BCUT2D eigenvalue weighted by molar-refractivity contribution is -0.119. The fraction of sp³-hybridized carbons (Fsp3) is 0.333. The molecule has 0 aliphatic carbocycles. The predicted octanol–water partition coefficient (Wildman–Crippen LogP) is 0.698. The lowest BCUT2D eigenvalue weighted by Crippen LogP contribution is -2.28. The Bertz CT molecular complexity index is 324. The highest BCUT2D eigenvalue weighted by Crippen LogP contribution is 2.03. The molecule has 6 heteroatoms. The van der Waals surface area contributed by atoms with Gasteiger partial charge in [0.1, 0.15) is 5.88 Å². The van der Waals surface area contributed by atoms with Crippen LogP contribution >= 0.6 is 11.6 Å². The zero-order valence-electron chi connectivity index (χ0n) is 8.05. The van der Waals surface area contributed by atoms with Crippen LogP contribution in [0.25, 0.3) is 0 Å². The van der Waals surface area contributed by atoms with Gasteiger partial charge in [0.25, 0.3) is 0 Å². The maximum Gasteiger partial charge on any atom is 0.234 e. The Morgan fingerprint density at radius 2 is 2.20 bits per heavy atom. The zero-order valence-corrected chi connectivity index (χ0v) is 8.80. The van der Waals surface area contributed by atoms with Crippen LogP contribution in [-0.4, -0.2) is 29.2 Å². The molecular weight excluding hydrogens is 218 g/mol. The van der Waals surface area contributed by atoms with E-state index in [0.717, 1.165) is 0 Å². The highest BCUT2D eigenvalue weighted by molar-refractivity contribution is 6.27. The van der Waals surface area contributed by atoms with Gasteiger partial charge in [-0.3, -0.25) is 9.59 Å². The van der Waals surface area contributed by atoms with Gasteiger partial charge in [0.2, 0.25) is 11.8 Å². The third-order valence-electron chi connectivity index (χ3n) is 1.68. The highest BCUT2D eigenvalue weighted by atomic mass is 35.5. The van der Waals surface area contributed by atoms with Crippen molar-refractivity contribution in [2.75, 3.05) is 17.7 Å². The summed E-state index contributed by atoms with van der Waals surface area (Å²) in [4.78, 5) is 24.8. The number of hydrogen-bond donors (Lipinski definition) is 3. The minimum Gasteiger partial charge on any atom is -0.366 e. The molecule has 0 spiro atoms. The van der Waals surface area contributed by atoms with Crippen LogP contribution in [0.1, 0.15) is 6.42 Å². The number of carbonyl (C=O) groups is 2. The third kappa shape index (κ3) is 4.51. The Morgan fingerprint density at radius 1 is 1.40 bits per heavy atom. The van der Waals surface area contributed by atoms with Crippen LogP contribution in [-0.2, 0) is 9.59 Å². The molecule has 5 nitrogen and oxygen atoms in total. The van der Waals surface area contributed by atoms with E-state index in [0.29, 0.717) is 12.2 Å². The third-order valence-corrected chi connectivity index (χ3v) is 1.92. The van der Waals surface area contributed by atoms with Crippen LogP contribution in [0.2, 0.25) is 0 Å². The van der Waals surface area contributed by atoms with E-state index in [4.69, 9.17) is 11.6 Å². The lowest BCUT2D eigenvalue weighted by Gasteiger charge is -2.03. The molecule has 0 aliphatic heterocycles. The topological polar surface area (TPSA) is 74.0 Å². The summed E-state index contributed by atoms with van der Waals surface area (Å²) in [6.07, 6.45) is 3.62. The molecule has 0 aromatic carbocycles. The van der Waals surface area contributed by atoms with E-state index in [1.807, 2.05) is 0 Å². The monoisotopic (exact) mass is 229 g/mol. The Hall–Kier alpha value is -1.49. The van der Waals surface area contributed by atoms with Gasteiger partial charge in [-0.1, -0.05) is 0 Å². The first-order chi connectivity index (χ1) is 7.22. The number of H-pyrrole nitrogens is 1. The number of aromatic amines is 1. The minimum atomic E-state index is -0.272. The fourth-order valence-electron chi connectivity index (χ4n) is 0.988. The van der Waals surface area contributed by atoms with Gasteiger partial charge < -0.3 is 15.6 Å². The molecule has 1 aromatic rings. The smallest absolute Gasteiger partial charge is 0.234 e. The quantitative estimate of drug-likeness (QED) is 0.651. The molecule has 0 atom stereocenters. The zero-order chi connectivity index (χ0) is 11.1. The van der Waals surface area contributed by atoms with Gasteiger partial charge in [-0.25, -0.2) is 0 Å². The first-order valence-corrected chi connectivity index (χ1v) is 5.01. The molecule has 82 valence electrons. The second-order valence-corrected chi connectivity index (χ2v) is 3.15. The Labute approximate surface area is 92.2 Å². The average molecular weight is 230 g/mol. The molecule has 0 radical (unpaired) electrons. The number of amides is 2. The van der Waals surface area contributed by atoms with Crippen molar-refractivity contribution >= 4 is 29.1 Å². The number of anilines is 1. The highest BCUT2D eigenvalue weighted by Gasteiger charge is 2.03. The van der Waals surface area contributed by atoms with Crippen molar-refractivity contribution < 1.29 is 9.59 Å². The average Bonchev–Trinajstić information content (AvgIpc) is 2.70. The van der Waals surface area contributed by atoms with Crippen LogP contribution in [0.4, 0.5) is 5.69 Å². The van der Waals surface area contributed by atoms with Gasteiger partial charge in [0.15, 0.2) is 0 Å². The normalized spacial score (nSPS) is 9.67. The molecule has 0 bridgehead atoms. The van der Waals surface area contributed by atoms with E-state index >= 15 is 0 Å². The molecule has 0 aliphatic rings. The molecular formula is C9H12ClN3O2. The second-order valence-electron chi connectivity index (χ2n) is 2.88. The molecule has 0 saturated heterocycles. The molecule has 1 rings (SSSR count). The maximum atomic E-state index is 11.3. The lowest BCUT2D eigenvalue weighted by atomic mass is 10.3. The standard InChI is InChI=1S/C9H12ClN3O2/c10-5-9(15)12-4-2-8(14)13-7-1-3-11-6-7/h1,3,6,11H,2,4-5H2,(H,12,15)(H,13,14). The molecule has 0 fully saturated rings. The van der Waals surface area contributed by atoms with Crippen LogP contribution in [0.15, 0.2) is 18.5 Å². The number of rotatable bonds is 5. The molecule has 2 amide bonds. The van der Waals surface area contributed by atoms with E-state index in [1.165, 1.54) is 0 Å². The maximum absolute atomic E-state index is 11.3. The fourth-order valence-corrected chi connectivity index (χ4v) is 1.08. The molecule has 15 heavy (non-hydrogen) atoms. The van der Waals surface area contributed by atoms with E-state index < -0.39 is 0 Å². The Morgan fingerprint density at radius 3 is 2.80 bits per heavy atom. The van der Waals surface area contributed by atoms with Crippen molar-refractivity contribution in [2.24, 2.45) is 0 Å². The van der Waals surface area contributed by atoms with Crippen LogP contribution in [0.3, 0.4) is 0 Å². The van der Waals surface area contributed by atoms with E-state index in [1.54, 1.807) is 18.5 Å². The summed E-state index contributed by atoms with van der Waals surface area (Å²) >= 11 is 5.27. The summed E-state index contributed by atoms with van der Waals surface area (Å²) < 4.78 is 0. The SMILES string of the molecule is O=C(CCl)NCCC(=O)Nc1cc[nH]c1. The van der Waals surface area contributed by atoms with Gasteiger partial charge in [0.05, 0.1) is 5.69 Å². The first-order valence-electron chi connectivity index (χ1n) is 4.47. The summed E-state index contributed by atoms with van der Waals surface area (Å²) in [5.74, 6) is -0.505. The van der Waals surface area contributed by atoms with Gasteiger partial charge in [-0.15, -0.1) is 11.6 Å². The Balaban J connectivity index is 2.17. The van der Waals surface area contributed by atoms with Gasteiger partial charge in [0, 0.05) is 25.4 Å². The number of hydrogen-bond acceptors (Lipinski definition) is 2. The minimum absolute atomic E-state index is 0.0839. The van der Waals surface area contributed by atoms with Crippen molar-refractivity contribution in [3.8, 4) is 0 Å². The van der Waals surface area contributed by atoms with Crippen molar-refractivity contribution in [2.45, 2.75) is 6.42 Å². The van der Waals surface area contributed by atoms with Gasteiger partial charge >= 0.3 is 0 Å². The summed E-state index contributed by atoms with van der Waals surface area (Å²) in [6.45, 7) is 0.293. The van der Waals surface area contributed by atoms with Crippen molar-refractivity contribution in [3.05, 3.63) is 18.5 Å². The summed E-state index contributed by atoms with van der Waals surface area (Å²) in [7, 11) is 0. The number of aromatic nitrogens is 1. The molecule has 3 N–H and O–H groups in total. The summed E-state index contributed by atoms with van der Waals surface area (Å²) in [6, 6.07) is 1.75. The first kappa shape index (κ1) is 11.6. The molecule has 0 saturated carbocycles. The van der Waals surface area contributed by atoms with E-state index in [9.17, 15) is 9.59 Å². The number of alkyl halides is 1. The predicted molar refractivity (Wildman–Crippen MR) is 57.8 cm³/mol. The van der Waals surface area contributed by atoms with Gasteiger partial charge in [-0.2, -0.15) is 0 Å². The molecule has 1 heterocycles. The van der Waals surface area contributed by atoms with Crippen LogP contribution < -0.4 is 10.6 Å². The van der Waals surface area contributed by atoms with E-state index in [-0.39, 0.29) is 24.1 Å². The largest absolute Gasteiger partial charge is 0.366 e. The van der Waals surface area contributed by atoms with Crippen LogP contribution in [0, 0.1) is 0 Å². The van der Waals surface area contributed by atoms with Crippen molar-refractivity contribution in [1.29, 1.82) is 0 Å². The molecule has 0 unspecified atom stereocenters. The summed E-state index contributed by atoms with van der Waals surface area (Å²) in [5, 5.41) is 5.16. The Kier molecular flexibility index (Phi) is 4.70. The number of halogens is 1. The second kappa shape index (κ2) is 6.08. The van der Waals surface area contributed by atoms with E-state index in [2.05, 4.69) is 15.6 Å². The van der Waals surface area contributed by atoms with Crippen molar-refractivity contribution in [1.82, 2.24) is 10.3 Å². The number of nitrogens with one attached hydrogen (secondary N) is 3. The van der Waals surface area contributed by atoms with Crippen molar-refractivity contribution in [3.63, 3.8) is 0 Å². The summed E-state index contributed by atoms with van der Waals surface area (Å²) in [5.41, 5.74) is 0.712. The molecule has 1 aromatic heterocycles. The van der Waals surface area contributed by atoms with Crippen LogP contribution in [0.5, 0.6) is 0 Å². The number of carbonyl (C=O) groups excluding carboxylic acids is 2.